The van der Waals surface area contributed by atoms with Gasteiger partial charge in [0, 0.05) is 11.4 Å². The van der Waals surface area contributed by atoms with Gasteiger partial charge in [0.25, 0.3) is 10.0 Å². The summed E-state index contributed by atoms with van der Waals surface area (Å²) < 4.78 is 27.7. The molecule has 0 aromatic heterocycles. The van der Waals surface area contributed by atoms with E-state index in [1.165, 1.54) is 30.0 Å². The third-order valence-electron chi connectivity index (χ3n) is 4.34. The fourth-order valence-electron chi connectivity index (χ4n) is 2.62. The van der Waals surface area contributed by atoms with Gasteiger partial charge in [0.1, 0.15) is 0 Å². The fraction of sp³-hybridized carbons (Fsp3) is 0.136. The fourth-order valence-corrected chi connectivity index (χ4v) is 4.94. The van der Waals surface area contributed by atoms with Gasteiger partial charge >= 0.3 is 0 Å². The number of thioether (sulfide) groups is 1. The number of rotatable bonds is 8. The number of anilines is 2. The van der Waals surface area contributed by atoms with E-state index < -0.39 is 10.0 Å². The minimum Gasteiger partial charge on any atom is -0.325 e. The van der Waals surface area contributed by atoms with E-state index in [2.05, 4.69) is 10.0 Å². The molecule has 0 fully saturated rings. The van der Waals surface area contributed by atoms with Crippen LogP contribution < -0.4 is 10.0 Å². The van der Waals surface area contributed by atoms with E-state index in [4.69, 9.17) is 23.2 Å². The molecule has 3 aromatic rings. The second-order valence-corrected chi connectivity index (χ2v) is 10.5. The van der Waals surface area contributed by atoms with Crippen LogP contribution in [0.15, 0.2) is 77.7 Å². The summed E-state index contributed by atoms with van der Waals surface area (Å²) in [6.45, 7) is 1.83. The van der Waals surface area contributed by atoms with Gasteiger partial charge < -0.3 is 5.32 Å². The number of benzene rings is 3. The largest absolute Gasteiger partial charge is 0.325 e. The molecule has 0 spiro atoms. The summed E-state index contributed by atoms with van der Waals surface area (Å²) in [6, 6.07) is 20.5. The Hall–Kier alpha value is -2.19. The zero-order valence-corrected chi connectivity index (χ0v) is 19.7. The van der Waals surface area contributed by atoms with Crippen LogP contribution in [0.1, 0.15) is 12.5 Å². The molecule has 31 heavy (non-hydrogen) atoms. The van der Waals surface area contributed by atoms with Gasteiger partial charge in [-0.25, -0.2) is 8.42 Å². The molecule has 9 heteroatoms. The molecule has 3 aromatic carbocycles. The number of halogens is 2. The Labute approximate surface area is 196 Å². The number of carbonyl (C=O) groups is 1. The molecular weight excluding hydrogens is 475 g/mol. The highest BCUT2D eigenvalue weighted by Crippen LogP contribution is 2.31. The summed E-state index contributed by atoms with van der Waals surface area (Å²) in [5, 5.41) is 2.91. The second-order valence-electron chi connectivity index (χ2n) is 6.66. The molecule has 5 nitrogen and oxygen atoms in total. The van der Waals surface area contributed by atoms with Crippen LogP contribution in [-0.4, -0.2) is 19.6 Å². The summed E-state index contributed by atoms with van der Waals surface area (Å²) in [5.41, 5.74) is 1.85. The molecule has 0 radical (unpaired) electrons. The van der Waals surface area contributed by atoms with E-state index in [9.17, 15) is 13.2 Å². The Morgan fingerprint density at radius 2 is 1.65 bits per heavy atom. The van der Waals surface area contributed by atoms with E-state index in [1.54, 1.807) is 24.3 Å². The Bertz CT molecular complexity index is 1160. The molecule has 3 rings (SSSR count). The van der Waals surface area contributed by atoms with Gasteiger partial charge in [-0.15, -0.1) is 11.8 Å². The predicted molar refractivity (Wildman–Crippen MR) is 130 cm³/mol. The van der Waals surface area contributed by atoms with Gasteiger partial charge in [-0.1, -0.05) is 59.6 Å². The molecule has 162 valence electrons. The van der Waals surface area contributed by atoms with E-state index >= 15 is 0 Å². The zero-order chi connectivity index (χ0) is 22.4. The summed E-state index contributed by atoms with van der Waals surface area (Å²) in [4.78, 5) is 12.5. The third kappa shape index (κ3) is 6.40. The topological polar surface area (TPSA) is 75.3 Å². The van der Waals surface area contributed by atoms with E-state index in [0.29, 0.717) is 5.69 Å². The molecule has 1 atom stereocenters. The molecule has 0 aliphatic heterocycles. The van der Waals surface area contributed by atoms with Crippen molar-refractivity contribution >= 4 is 62.3 Å². The van der Waals surface area contributed by atoms with E-state index in [1.807, 2.05) is 37.3 Å². The lowest BCUT2D eigenvalue weighted by Gasteiger charge is -2.13. The van der Waals surface area contributed by atoms with Crippen LogP contribution in [-0.2, 0) is 20.6 Å². The minimum absolute atomic E-state index is 0.0352. The van der Waals surface area contributed by atoms with Gasteiger partial charge in [-0.3, -0.25) is 9.52 Å². The monoisotopic (exact) mass is 494 g/mol. The van der Waals surface area contributed by atoms with Crippen LogP contribution in [0, 0.1) is 0 Å². The number of nitrogens with one attached hydrogen (secondary N) is 2. The standard InChI is InChI=1S/C22H20Cl2N2O3S2/c1-15(30-14-16-6-3-2-4-7-16)22(27)25-17-10-12-18(13-11-17)31(28,29)26-20-9-5-8-19(23)21(20)24/h2-13,15,26H,14H2,1H3,(H,25,27)/t15-/m1/s1. The Kier molecular flexibility index (Phi) is 7.89. The molecule has 0 aliphatic carbocycles. The van der Waals surface area contributed by atoms with E-state index in [-0.39, 0.29) is 31.8 Å². The first kappa shape index (κ1) is 23.5. The summed E-state index contributed by atoms with van der Waals surface area (Å²) >= 11 is 13.5. The zero-order valence-electron chi connectivity index (χ0n) is 16.5. The first-order valence-corrected chi connectivity index (χ1v) is 12.6. The van der Waals surface area contributed by atoms with Gasteiger partial charge in [-0.05, 0) is 48.9 Å². The van der Waals surface area contributed by atoms with Crippen molar-refractivity contribution in [3.8, 4) is 0 Å². The molecule has 0 aliphatic rings. The lowest BCUT2D eigenvalue weighted by molar-refractivity contribution is -0.115. The molecule has 1 amide bonds. The highest BCUT2D eigenvalue weighted by atomic mass is 35.5. The maximum Gasteiger partial charge on any atom is 0.261 e. The summed E-state index contributed by atoms with van der Waals surface area (Å²) in [7, 11) is -3.86. The number of amides is 1. The van der Waals surface area contributed by atoms with Crippen LogP contribution in [0.4, 0.5) is 11.4 Å². The lowest BCUT2D eigenvalue weighted by Crippen LogP contribution is -2.22. The van der Waals surface area contributed by atoms with Crippen molar-refractivity contribution in [3.63, 3.8) is 0 Å². The first-order chi connectivity index (χ1) is 14.8. The van der Waals surface area contributed by atoms with Crippen molar-refractivity contribution in [1.82, 2.24) is 0 Å². The molecule has 0 bridgehead atoms. The maximum absolute atomic E-state index is 12.6. The van der Waals surface area contributed by atoms with Gasteiger partial charge in [0.05, 0.1) is 25.9 Å². The number of hydrogen-bond acceptors (Lipinski definition) is 4. The first-order valence-electron chi connectivity index (χ1n) is 9.29. The number of carbonyl (C=O) groups excluding carboxylic acids is 1. The van der Waals surface area contributed by atoms with Crippen LogP contribution in [0.25, 0.3) is 0 Å². The Morgan fingerprint density at radius 1 is 0.968 bits per heavy atom. The third-order valence-corrected chi connectivity index (χ3v) is 7.75. The number of sulfonamides is 1. The Balaban J connectivity index is 1.61. The molecule has 0 saturated carbocycles. The highest BCUT2D eigenvalue weighted by Gasteiger charge is 2.18. The molecule has 0 heterocycles. The molecule has 0 unspecified atom stereocenters. The van der Waals surface area contributed by atoms with Crippen molar-refractivity contribution in [1.29, 1.82) is 0 Å². The van der Waals surface area contributed by atoms with E-state index in [0.717, 1.165) is 11.3 Å². The SMILES string of the molecule is C[C@@H](SCc1ccccc1)C(=O)Nc1ccc(S(=O)(=O)Nc2cccc(Cl)c2Cl)cc1. The number of hydrogen-bond donors (Lipinski definition) is 2. The summed E-state index contributed by atoms with van der Waals surface area (Å²) in [6.07, 6.45) is 0. The van der Waals surface area contributed by atoms with Gasteiger partial charge in [0.15, 0.2) is 0 Å². The second kappa shape index (κ2) is 10.4. The quantitative estimate of drug-likeness (QED) is 0.399. The summed E-state index contributed by atoms with van der Waals surface area (Å²) in [5.74, 6) is 0.574. The minimum atomic E-state index is -3.86. The normalized spacial score (nSPS) is 12.2. The lowest BCUT2D eigenvalue weighted by atomic mass is 10.2. The van der Waals surface area contributed by atoms with Crippen molar-refractivity contribution in [2.24, 2.45) is 0 Å². The molecule has 0 saturated heterocycles. The average molecular weight is 495 g/mol. The highest BCUT2D eigenvalue weighted by molar-refractivity contribution is 7.99. The maximum atomic E-state index is 12.6. The van der Waals surface area contributed by atoms with Gasteiger partial charge in [0.2, 0.25) is 5.91 Å². The van der Waals surface area contributed by atoms with Crippen LogP contribution in [0.3, 0.4) is 0 Å². The van der Waals surface area contributed by atoms with Gasteiger partial charge in [-0.2, -0.15) is 0 Å². The smallest absolute Gasteiger partial charge is 0.261 e. The van der Waals surface area contributed by atoms with Crippen molar-refractivity contribution in [3.05, 3.63) is 88.4 Å². The van der Waals surface area contributed by atoms with Crippen LogP contribution in [0.5, 0.6) is 0 Å². The molecule has 2 N–H and O–H groups in total. The predicted octanol–water partition coefficient (Wildman–Crippen LogP) is 6.05. The van der Waals surface area contributed by atoms with Crippen molar-refractivity contribution < 1.29 is 13.2 Å². The van der Waals surface area contributed by atoms with Crippen LogP contribution >= 0.6 is 35.0 Å². The van der Waals surface area contributed by atoms with Crippen molar-refractivity contribution in [2.45, 2.75) is 22.8 Å². The average Bonchev–Trinajstić information content (AvgIpc) is 2.76. The Morgan fingerprint density at radius 3 is 2.32 bits per heavy atom. The van der Waals surface area contributed by atoms with Crippen LogP contribution in [0.2, 0.25) is 10.0 Å². The molecular formula is C22H20Cl2N2O3S2. The van der Waals surface area contributed by atoms with Crippen molar-refractivity contribution in [2.75, 3.05) is 10.0 Å².